The first-order valence-corrected chi connectivity index (χ1v) is 8.31. The normalized spacial score (nSPS) is 10.7. The lowest BCUT2D eigenvalue weighted by atomic mass is 10.0. The van der Waals surface area contributed by atoms with E-state index in [0.717, 1.165) is 29.8 Å². The third-order valence-corrected chi connectivity index (χ3v) is 3.24. The minimum atomic E-state index is -2.07. The van der Waals surface area contributed by atoms with Gasteiger partial charge in [0.2, 0.25) is 0 Å². The predicted molar refractivity (Wildman–Crippen MR) is 97.2 cm³/mol. The van der Waals surface area contributed by atoms with Gasteiger partial charge >= 0.3 is 5.97 Å². The van der Waals surface area contributed by atoms with Crippen LogP contribution in [0.5, 0.6) is 0 Å². The van der Waals surface area contributed by atoms with Gasteiger partial charge in [-0.25, -0.2) is 4.79 Å². The fraction of sp³-hybridized carbons (Fsp3) is 0.263. The van der Waals surface area contributed by atoms with Gasteiger partial charge in [0, 0.05) is 29.9 Å². The van der Waals surface area contributed by atoms with Gasteiger partial charge in [0.05, 0.1) is 20.6 Å². The Kier molecular flexibility index (Phi) is 9.80. The molecule has 0 radical (unpaired) electrons. The highest BCUT2D eigenvalue weighted by Crippen LogP contribution is 2.10. The van der Waals surface area contributed by atoms with Gasteiger partial charge < -0.3 is 24.7 Å². The molecule has 0 bridgehead atoms. The maximum absolute atomic E-state index is 9.04. The third kappa shape index (κ3) is 9.13. The molecule has 0 spiro atoms. The van der Waals surface area contributed by atoms with E-state index in [1.54, 1.807) is 12.4 Å². The highest BCUT2D eigenvalue weighted by Gasteiger charge is 2.07. The zero-order valence-corrected chi connectivity index (χ0v) is 15.3. The van der Waals surface area contributed by atoms with Gasteiger partial charge in [0.25, 0.3) is 0 Å². The van der Waals surface area contributed by atoms with Crippen LogP contribution in [0.15, 0.2) is 60.0 Å². The Balaban J connectivity index is 0.000000527. The van der Waals surface area contributed by atoms with Gasteiger partial charge in [-0.2, -0.15) is 0 Å². The van der Waals surface area contributed by atoms with E-state index >= 15 is 0 Å². The number of hydrogen-bond acceptors (Lipinski definition) is 6. The number of rotatable bonds is 7. The molecule has 8 nitrogen and oxygen atoms in total. The monoisotopic (exact) mass is 373 g/mol. The standard InChI is InChI=1S/C17H21N3O.C2H2O4/c1-20(2)13-6-14-21-19-17(15-7-4-3-5-8-15)16-9-11-18-12-10-16;3-1(4)2(5)6/h3-5,7-12H,6,13-14H2,1-2H3;(H,3,4)(H,5,6)/b19-17+;. The van der Waals surface area contributed by atoms with E-state index < -0.39 is 11.9 Å². The summed E-state index contributed by atoms with van der Waals surface area (Å²) in [6.07, 6.45) is 4.52. The Bertz CT molecular complexity index is 680. The minimum Gasteiger partial charge on any atom is -0.539 e. The molecule has 1 aromatic carbocycles. The summed E-state index contributed by atoms with van der Waals surface area (Å²) in [7, 11) is 4.27. The number of quaternary nitrogens is 1. The molecule has 0 aliphatic heterocycles. The molecule has 2 aromatic rings. The largest absolute Gasteiger partial charge is 0.539 e. The van der Waals surface area contributed by atoms with E-state index in [2.05, 4.69) is 24.2 Å². The molecule has 27 heavy (non-hydrogen) atoms. The minimum absolute atomic E-state index is 0.632. The number of benzene rings is 1. The molecule has 0 aliphatic rings. The first-order valence-electron chi connectivity index (χ1n) is 8.31. The summed E-state index contributed by atoms with van der Waals surface area (Å²) in [6.45, 7) is 1.71. The summed E-state index contributed by atoms with van der Waals surface area (Å²) in [6, 6.07) is 14.0. The van der Waals surface area contributed by atoms with E-state index in [-0.39, 0.29) is 0 Å². The lowest BCUT2D eigenvalue weighted by Crippen LogP contribution is -3.05. The first-order chi connectivity index (χ1) is 12.9. The van der Waals surface area contributed by atoms with Crippen LogP contribution < -0.4 is 10.0 Å². The zero-order chi connectivity index (χ0) is 20.1. The number of hydrogen-bond donors (Lipinski definition) is 2. The Morgan fingerprint density at radius 1 is 1.11 bits per heavy atom. The molecule has 0 aliphatic carbocycles. The number of carboxylic acids is 2. The summed E-state index contributed by atoms with van der Waals surface area (Å²) in [5.74, 6) is -4.01. The second kappa shape index (κ2) is 12.2. The smallest absolute Gasteiger partial charge is 0.351 e. The van der Waals surface area contributed by atoms with Crippen LogP contribution in [0.1, 0.15) is 17.5 Å². The van der Waals surface area contributed by atoms with Crippen molar-refractivity contribution in [2.24, 2.45) is 5.16 Å². The van der Waals surface area contributed by atoms with Gasteiger partial charge in [0.15, 0.2) is 5.97 Å². The quantitative estimate of drug-likeness (QED) is 0.284. The maximum atomic E-state index is 9.04. The molecule has 0 unspecified atom stereocenters. The molecule has 1 heterocycles. The van der Waals surface area contributed by atoms with Crippen LogP contribution >= 0.6 is 0 Å². The number of aromatic nitrogens is 1. The number of nitrogens with one attached hydrogen (secondary N) is 1. The average molecular weight is 373 g/mol. The van der Waals surface area contributed by atoms with E-state index in [9.17, 15) is 0 Å². The Hall–Kier alpha value is -3.26. The van der Waals surface area contributed by atoms with Crippen molar-refractivity contribution < 1.29 is 29.5 Å². The lowest BCUT2D eigenvalue weighted by Gasteiger charge is -2.08. The van der Waals surface area contributed by atoms with Crippen LogP contribution in [0.4, 0.5) is 0 Å². The second-order valence-corrected chi connectivity index (χ2v) is 5.78. The Morgan fingerprint density at radius 2 is 1.67 bits per heavy atom. The van der Waals surface area contributed by atoms with Gasteiger partial charge in [0.1, 0.15) is 12.3 Å². The van der Waals surface area contributed by atoms with Crippen molar-refractivity contribution in [3.63, 3.8) is 0 Å². The van der Waals surface area contributed by atoms with Crippen molar-refractivity contribution in [1.82, 2.24) is 4.98 Å². The van der Waals surface area contributed by atoms with Crippen molar-refractivity contribution in [2.75, 3.05) is 27.2 Å². The number of nitrogens with zero attached hydrogens (tertiary/aromatic N) is 2. The average Bonchev–Trinajstić information content (AvgIpc) is 2.66. The fourth-order valence-electron chi connectivity index (χ4n) is 1.98. The van der Waals surface area contributed by atoms with E-state index in [1.807, 2.05) is 42.5 Å². The topological polar surface area (TPSA) is 116 Å². The maximum Gasteiger partial charge on any atom is 0.351 e. The van der Waals surface area contributed by atoms with Crippen LogP contribution in [0.3, 0.4) is 0 Å². The summed E-state index contributed by atoms with van der Waals surface area (Å²) in [4.78, 5) is 29.0. The molecular weight excluding hydrogens is 350 g/mol. The van der Waals surface area contributed by atoms with E-state index in [0.29, 0.717) is 6.61 Å². The van der Waals surface area contributed by atoms with Crippen LogP contribution in [0, 0.1) is 0 Å². The number of carbonyl (C=O) groups excluding carboxylic acids is 1. The molecule has 0 amide bonds. The number of aliphatic carboxylic acids is 2. The van der Waals surface area contributed by atoms with Crippen molar-refractivity contribution >= 4 is 17.7 Å². The SMILES string of the molecule is C[NH+](C)CCCO/N=C(\c1ccccc1)c1ccncc1.O=C([O-])C(=O)O. The zero-order valence-electron chi connectivity index (χ0n) is 15.3. The van der Waals surface area contributed by atoms with Gasteiger partial charge in [-0.3, -0.25) is 4.98 Å². The molecule has 2 rings (SSSR count). The number of pyridine rings is 1. The van der Waals surface area contributed by atoms with Crippen molar-refractivity contribution in [1.29, 1.82) is 0 Å². The molecule has 0 fully saturated rings. The molecular formula is C19H23N3O5. The third-order valence-electron chi connectivity index (χ3n) is 3.24. The summed E-state index contributed by atoms with van der Waals surface area (Å²) in [5.41, 5.74) is 2.89. The summed E-state index contributed by atoms with van der Waals surface area (Å²) >= 11 is 0. The van der Waals surface area contributed by atoms with Crippen molar-refractivity contribution in [3.05, 3.63) is 66.0 Å². The van der Waals surface area contributed by atoms with Crippen LogP contribution in [0.2, 0.25) is 0 Å². The van der Waals surface area contributed by atoms with Gasteiger partial charge in [-0.1, -0.05) is 35.5 Å². The molecule has 0 saturated carbocycles. The lowest BCUT2D eigenvalue weighted by molar-refractivity contribution is -0.858. The van der Waals surface area contributed by atoms with Gasteiger partial charge in [-0.05, 0) is 12.1 Å². The highest BCUT2D eigenvalue weighted by molar-refractivity contribution is 6.26. The highest BCUT2D eigenvalue weighted by atomic mass is 16.6. The van der Waals surface area contributed by atoms with Crippen molar-refractivity contribution in [3.8, 4) is 0 Å². The Labute approximate surface area is 157 Å². The predicted octanol–water partition coefficient (Wildman–Crippen LogP) is -0.794. The van der Waals surface area contributed by atoms with E-state index in [1.165, 1.54) is 4.90 Å². The summed E-state index contributed by atoms with van der Waals surface area (Å²) in [5, 5.41) is 20.7. The number of oxime groups is 1. The first kappa shape index (κ1) is 21.8. The molecule has 0 saturated heterocycles. The van der Waals surface area contributed by atoms with Crippen LogP contribution in [-0.2, 0) is 14.4 Å². The van der Waals surface area contributed by atoms with Crippen molar-refractivity contribution in [2.45, 2.75) is 6.42 Å². The van der Waals surface area contributed by atoms with Crippen LogP contribution in [-0.4, -0.2) is 55.0 Å². The van der Waals surface area contributed by atoms with Gasteiger partial charge in [-0.15, -0.1) is 0 Å². The van der Waals surface area contributed by atoms with Crippen LogP contribution in [0.25, 0.3) is 0 Å². The molecule has 0 atom stereocenters. The molecule has 1 aromatic heterocycles. The van der Waals surface area contributed by atoms with E-state index in [4.69, 9.17) is 24.6 Å². The number of carboxylic acid groups (broad SMARTS) is 2. The Morgan fingerprint density at radius 3 is 2.19 bits per heavy atom. The molecule has 8 heteroatoms. The molecule has 2 N–H and O–H groups in total. The fourth-order valence-corrected chi connectivity index (χ4v) is 1.98. The second-order valence-electron chi connectivity index (χ2n) is 5.78. The summed E-state index contributed by atoms with van der Waals surface area (Å²) < 4.78 is 0. The molecule has 144 valence electrons. The number of carbonyl (C=O) groups is 2.